The first-order valence-electron chi connectivity index (χ1n) is 5.21. The molecule has 0 saturated carbocycles. The van der Waals surface area contributed by atoms with Crippen molar-refractivity contribution in [2.75, 3.05) is 0 Å². The molecule has 0 atom stereocenters. The smallest absolute Gasteiger partial charge is 0.232 e. The zero-order valence-corrected chi connectivity index (χ0v) is 11.0. The highest BCUT2D eigenvalue weighted by Gasteiger charge is 2.30. The molecule has 0 spiro atoms. The van der Waals surface area contributed by atoms with Crippen molar-refractivity contribution in [3.8, 4) is 0 Å². The summed E-state index contributed by atoms with van der Waals surface area (Å²) in [6.45, 7) is 5.52. The monoisotopic (exact) mass is 252 g/mol. The van der Waals surface area contributed by atoms with Crippen LogP contribution in [0.25, 0.3) is 0 Å². The molecule has 1 rings (SSSR count). The van der Waals surface area contributed by atoms with Gasteiger partial charge in [0.1, 0.15) is 5.82 Å². The SMILES string of the molecule is Cc1nccc(CNC(=O)C(C)(C)C(N)=S)n1. The van der Waals surface area contributed by atoms with Crippen molar-refractivity contribution in [2.24, 2.45) is 11.1 Å². The number of aromatic nitrogens is 2. The molecule has 0 saturated heterocycles. The molecule has 1 aromatic heterocycles. The lowest BCUT2D eigenvalue weighted by Crippen LogP contribution is -2.44. The number of thiocarbonyl (C=S) groups is 1. The molecular formula is C11H16N4OS. The van der Waals surface area contributed by atoms with Crippen molar-refractivity contribution in [1.29, 1.82) is 0 Å². The Balaban J connectivity index is 2.63. The summed E-state index contributed by atoms with van der Waals surface area (Å²) in [5.74, 6) is 0.464. The van der Waals surface area contributed by atoms with Crippen LogP contribution >= 0.6 is 12.2 Å². The van der Waals surface area contributed by atoms with Crippen LogP contribution in [0.2, 0.25) is 0 Å². The molecule has 1 aromatic rings. The zero-order valence-electron chi connectivity index (χ0n) is 10.2. The highest BCUT2D eigenvalue weighted by atomic mass is 32.1. The Morgan fingerprint density at radius 3 is 2.76 bits per heavy atom. The van der Waals surface area contributed by atoms with Crippen LogP contribution in [-0.4, -0.2) is 20.9 Å². The van der Waals surface area contributed by atoms with Crippen LogP contribution in [0.15, 0.2) is 12.3 Å². The largest absolute Gasteiger partial charge is 0.392 e. The summed E-state index contributed by atoms with van der Waals surface area (Å²) < 4.78 is 0. The number of carbonyl (C=O) groups excluding carboxylic acids is 1. The van der Waals surface area contributed by atoms with Gasteiger partial charge in [-0.25, -0.2) is 9.97 Å². The highest BCUT2D eigenvalue weighted by molar-refractivity contribution is 7.80. The molecule has 6 heteroatoms. The van der Waals surface area contributed by atoms with E-state index in [0.717, 1.165) is 5.69 Å². The maximum atomic E-state index is 11.8. The molecule has 0 aromatic carbocycles. The fraction of sp³-hybridized carbons (Fsp3) is 0.455. The summed E-state index contributed by atoms with van der Waals surface area (Å²) in [5, 5.41) is 2.75. The van der Waals surface area contributed by atoms with Gasteiger partial charge in [0.15, 0.2) is 0 Å². The second-order valence-electron chi connectivity index (χ2n) is 4.27. The minimum atomic E-state index is -0.850. The molecule has 3 N–H and O–H groups in total. The molecule has 0 radical (unpaired) electrons. The van der Waals surface area contributed by atoms with Crippen molar-refractivity contribution in [3.63, 3.8) is 0 Å². The maximum absolute atomic E-state index is 11.8. The second kappa shape index (κ2) is 5.18. The standard InChI is InChI=1S/C11H16N4OS/c1-7-13-5-4-8(15-7)6-14-10(16)11(2,3)9(12)17/h4-5H,6H2,1-3H3,(H2,12,17)(H,14,16). The van der Waals surface area contributed by atoms with Gasteiger partial charge in [-0.1, -0.05) is 12.2 Å². The van der Waals surface area contributed by atoms with Crippen LogP contribution in [0.3, 0.4) is 0 Å². The molecular weight excluding hydrogens is 236 g/mol. The maximum Gasteiger partial charge on any atom is 0.232 e. The predicted molar refractivity (Wildman–Crippen MR) is 69.2 cm³/mol. The molecule has 0 aliphatic heterocycles. The Labute approximate surface area is 106 Å². The van der Waals surface area contributed by atoms with Gasteiger partial charge in [0.2, 0.25) is 5.91 Å². The fourth-order valence-electron chi connectivity index (χ4n) is 1.11. The lowest BCUT2D eigenvalue weighted by molar-refractivity contribution is -0.126. The van der Waals surface area contributed by atoms with Crippen LogP contribution < -0.4 is 11.1 Å². The van der Waals surface area contributed by atoms with Crippen LogP contribution in [0.1, 0.15) is 25.4 Å². The zero-order chi connectivity index (χ0) is 13.1. The normalized spacial score (nSPS) is 11.0. The Bertz CT molecular complexity index is 445. The predicted octanol–water partition coefficient (Wildman–Crippen LogP) is 0.714. The van der Waals surface area contributed by atoms with Gasteiger partial charge < -0.3 is 11.1 Å². The fourth-order valence-corrected chi connectivity index (χ4v) is 1.20. The van der Waals surface area contributed by atoms with E-state index in [1.165, 1.54) is 0 Å². The molecule has 5 nitrogen and oxygen atoms in total. The van der Waals surface area contributed by atoms with Crippen LogP contribution in [0.4, 0.5) is 0 Å². The van der Waals surface area contributed by atoms with E-state index in [0.29, 0.717) is 12.4 Å². The van der Waals surface area contributed by atoms with E-state index < -0.39 is 5.41 Å². The van der Waals surface area contributed by atoms with Crippen molar-refractivity contribution >= 4 is 23.1 Å². The first-order valence-corrected chi connectivity index (χ1v) is 5.61. The van der Waals surface area contributed by atoms with Gasteiger partial charge in [-0.15, -0.1) is 0 Å². The third-order valence-corrected chi connectivity index (χ3v) is 2.96. The minimum Gasteiger partial charge on any atom is -0.392 e. The number of hydrogen-bond donors (Lipinski definition) is 2. The molecule has 92 valence electrons. The number of rotatable bonds is 4. The lowest BCUT2D eigenvalue weighted by atomic mass is 9.92. The summed E-state index contributed by atoms with van der Waals surface area (Å²) in [6.07, 6.45) is 1.66. The third-order valence-electron chi connectivity index (χ3n) is 2.45. The number of nitrogens with two attached hydrogens (primary N) is 1. The van der Waals surface area contributed by atoms with Gasteiger partial charge in [-0.2, -0.15) is 0 Å². The van der Waals surface area contributed by atoms with Crippen LogP contribution in [-0.2, 0) is 11.3 Å². The van der Waals surface area contributed by atoms with E-state index in [-0.39, 0.29) is 10.9 Å². The average molecular weight is 252 g/mol. The lowest BCUT2D eigenvalue weighted by Gasteiger charge is -2.21. The Hall–Kier alpha value is -1.56. The number of aryl methyl sites for hydroxylation is 1. The molecule has 1 heterocycles. The topological polar surface area (TPSA) is 80.9 Å². The van der Waals surface area contributed by atoms with Crippen LogP contribution in [0, 0.1) is 12.3 Å². The van der Waals surface area contributed by atoms with E-state index in [4.69, 9.17) is 18.0 Å². The van der Waals surface area contributed by atoms with Crippen LogP contribution in [0.5, 0.6) is 0 Å². The summed E-state index contributed by atoms with van der Waals surface area (Å²) in [7, 11) is 0. The molecule has 1 amide bonds. The minimum absolute atomic E-state index is 0.175. The molecule has 0 unspecified atom stereocenters. The number of nitrogens with one attached hydrogen (secondary N) is 1. The van der Waals surface area contributed by atoms with E-state index in [9.17, 15) is 4.79 Å². The average Bonchev–Trinajstić information content (AvgIpc) is 2.25. The molecule has 0 bridgehead atoms. The number of carbonyl (C=O) groups is 1. The van der Waals surface area contributed by atoms with Gasteiger partial charge in [0.25, 0.3) is 0 Å². The second-order valence-corrected chi connectivity index (χ2v) is 4.71. The summed E-state index contributed by atoms with van der Waals surface area (Å²) in [6, 6.07) is 1.75. The van der Waals surface area contributed by atoms with Gasteiger partial charge >= 0.3 is 0 Å². The van der Waals surface area contributed by atoms with Crippen molar-refractivity contribution < 1.29 is 4.79 Å². The Morgan fingerprint density at radius 1 is 1.59 bits per heavy atom. The molecule has 0 fully saturated rings. The number of amides is 1. The van der Waals surface area contributed by atoms with Crippen molar-refractivity contribution in [1.82, 2.24) is 15.3 Å². The van der Waals surface area contributed by atoms with E-state index in [1.807, 2.05) is 0 Å². The van der Waals surface area contributed by atoms with E-state index in [2.05, 4.69) is 15.3 Å². The third kappa shape index (κ3) is 3.45. The van der Waals surface area contributed by atoms with Crippen molar-refractivity contribution in [2.45, 2.75) is 27.3 Å². The molecule has 0 aliphatic carbocycles. The van der Waals surface area contributed by atoms with E-state index >= 15 is 0 Å². The first-order chi connectivity index (χ1) is 7.84. The van der Waals surface area contributed by atoms with Gasteiger partial charge in [-0.05, 0) is 26.8 Å². The summed E-state index contributed by atoms with van der Waals surface area (Å²) in [4.78, 5) is 20.2. The Kier molecular flexibility index (Phi) is 4.11. The number of hydrogen-bond acceptors (Lipinski definition) is 4. The summed E-state index contributed by atoms with van der Waals surface area (Å²) >= 11 is 4.85. The van der Waals surface area contributed by atoms with Gasteiger partial charge in [0.05, 0.1) is 22.6 Å². The molecule has 0 aliphatic rings. The highest BCUT2D eigenvalue weighted by Crippen LogP contribution is 2.15. The molecule has 17 heavy (non-hydrogen) atoms. The van der Waals surface area contributed by atoms with E-state index in [1.54, 1.807) is 33.0 Å². The summed E-state index contributed by atoms with van der Waals surface area (Å²) in [5.41, 5.74) is 5.41. The quantitative estimate of drug-likeness (QED) is 0.771. The van der Waals surface area contributed by atoms with Crippen molar-refractivity contribution in [3.05, 3.63) is 23.8 Å². The Morgan fingerprint density at radius 2 is 2.24 bits per heavy atom. The van der Waals surface area contributed by atoms with Gasteiger partial charge in [-0.3, -0.25) is 4.79 Å². The first kappa shape index (κ1) is 13.5. The van der Waals surface area contributed by atoms with Gasteiger partial charge in [0, 0.05) is 6.20 Å². The number of nitrogens with zero attached hydrogens (tertiary/aromatic N) is 2.